The van der Waals surface area contributed by atoms with E-state index < -0.39 is 0 Å². The lowest BCUT2D eigenvalue weighted by Crippen LogP contribution is -2.17. The van der Waals surface area contributed by atoms with Crippen LogP contribution in [0.15, 0.2) is 46.9 Å². The number of nitrogens with one attached hydrogen (secondary N) is 1. The number of benzene rings is 2. The number of phenolic OH excluding ortho intramolecular Hbond substituents is 1. The Morgan fingerprint density at radius 3 is 2.58 bits per heavy atom. The molecular weight excluding hydrogens is 309 g/mol. The van der Waals surface area contributed by atoms with Crippen molar-refractivity contribution in [1.82, 2.24) is 5.32 Å². The molecule has 0 radical (unpaired) electrons. The number of phenols is 1. The summed E-state index contributed by atoms with van der Waals surface area (Å²) in [5, 5.41) is 12.5. The van der Waals surface area contributed by atoms with Gasteiger partial charge in [-0.25, -0.2) is 4.39 Å². The van der Waals surface area contributed by atoms with E-state index in [4.69, 9.17) is 0 Å². The summed E-state index contributed by atoms with van der Waals surface area (Å²) in [6, 6.07) is 11.8. The SMILES string of the molecule is Oc1ccc(CCNCc2cc(F)ccc2Br)cc1. The fraction of sp³-hybridized carbons (Fsp3) is 0.200. The average Bonchev–Trinajstić information content (AvgIpc) is 2.40. The van der Waals surface area contributed by atoms with Crippen LogP contribution in [0.3, 0.4) is 0 Å². The number of aromatic hydroxyl groups is 1. The van der Waals surface area contributed by atoms with Gasteiger partial charge in [0.1, 0.15) is 11.6 Å². The molecule has 4 heteroatoms. The quantitative estimate of drug-likeness (QED) is 0.823. The summed E-state index contributed by atoms with van der Waals surface area (Å²) in [7, 11) is 0. The van der Waals surface area contributed by atoms with E-state index in [2.05, 4.69) is 21.2 Å². The number of hydrogen-bond donors (Lipinski definition) is 2. The lowest BCUT2D eigenvalue weighted by molar-refractivity contribution is 0.475. The van der Waals surface area contributed by atoms with E-state index in [9.17, 15) is 9.50 Å². The van der Waals surface area contributed by atoms with Gasteiger partial charge in [0.15, 0.2) is 0 Å². The second-order valence-corrected chi connectivity index (χ2v) is 5.18. The summed E-state index contributed by atoms with van der Waals surface area (Å²) in [6.45, 7) is 1.42. The Labute approximate surface area is 120 Å². The smallest absolute Gasteiger partial charge is 0.123 e. The predicted molar refractivity (Wildman–Crippen MR) is 77.6 cm³/mol. The van der Waals surface area contributed by atoms with Crippen molar-refractivity contribution in [3.63, 3.8) is 0 Å². The normalized spacial score (nSPS) is 10.6. The number of hydrogen-bond acceptors (Lipinski definition) is 2. The van der Waals surface area contributed by atoms with Crippen molar-refractivity contribution in [2.75, 3.05) is 6.54 Å². The Bertz CT molecular complexity index is 542. The van der Waals surface area contributed by atoms with Gasteiger partial charge in [-0.3, -0.25) is 0 Å². The lowest BCUT2D eigenvalue weighted by Gasteiger charge is -2.07. The minimum Gasteiger partial charge on any atom is -0.508 e. The Morgan fingerprint density at radius 1 is 1.11 bits per heavy atom. The summed E-state index contributed by atoms with van der Waals surface area (Å²) in [5.74, 6) is 0.0546. The van der Waals surface area contributed by atoms with Crippen molar-refractivity contribution in [3.05, 3.63) is 63.9 Å². The summed E-state index contributed by atoms with van der Waals surface area (Å²) >= 11 is 3.40. The van der Waals surface area contributed by atoms with E-state index in [-0.39, 0.29) is 11.6 Å². The van der Waals surface area contributed by atoms with Crippen molar-refractivity contribution < 1.29 is 9.50 Å². The minimum atomic E-state index is -0.224. The van der Waals surface area contributed by atoms with Crippen LogP contribution in [0.5, 0.6) is 5.75 Å². The highest BCUT2D eigenvalue weighted by Gasteiger charge is 2.01. The van der Waals surface area contributed by atoms with Crippen LogP contribution in [0.1, 0.15) is 11.1 Å². The molecule has 2 rings (SSSR count). The Hall–Kier alpha value is -1.39. The number of rotatable bonds is 5. The van der Waals surface area contributed by atoms with E-state index in [1.807, 2.05) is 12.1 Å². The predicted octanol–water partition coefficient (Wildman–Crippen LogP) is 3.63. The summed E-state index contributed by atoms with van der Waals surface area (Å²) in [5.41, 5.74) is 2.06. The highest BCUT2D eigenvalue weighted by atomic mass is 79.9. The third kappa shape index (κ3) is 4.33. The molecule has 0 unspecified atom stereocenters. The molecule has 2 N–H and O–H groups in total. The van der Waals surface area contributed by atoms with Crippen LogP contribution in [0.2, 0.25) is 0 Å². The first kappa shape index (κ1) is 14.0. The molecule has 19 heavy (non-hydrogen) atoms. The minimum absolute atomic E-state index is 0.224. The molecule has 2 aromatic carbocycles. The van der Waals surface area contributed by atoms with E-state index in [1.165, 1.54) is 12.1 Å². The molecule has 0 spiro atoms. The van der Waals surface area contributed by atoms with Gasteiger partial charge in [0.05, 0.1) is 0 Å². The second-order valence-electron chi connectivity index (χ2n) is 4.33. The van der Waals surface area contributed by atoms with Crippen molar-refractivity contribution in [2.24, 2.45) is 0 Å². The van der Waals surface area contributed by atoms with Crippen molar-refractivity contribution >= 4 is 15.9 Å². The Kier molecular flexibility index (Phi) is 4.93. The van der Waals surface area contributed by atoms with Crippen LogP contribution >= 0.6 is 15.9 Å². The van der Waals surface area contributed by atoms with Gasteiger partial charge in [-0.15, -0.1) is 0 Å². The molecule has 0 saturated heterocycles. The number of halogens is 2. The van der Waals surface area contributed by atoms with E-state index >= 15 is 0 Å². The molecule has 0 atom stereocenters. The largest absolute Gasteiger partial charge is 0.508 e. The van der Waals surface area contributed by atoms with E-state index in [1.54, 1.807) is 18.2 Å². The fourth-order valence-electron chi connectivity index (χ4n) is 1.80. The molecule has 0 bridgehead atoms. The molecule has 0 aromatic heterocycles. The van der Waals surface area contributed by atoms with E-state index in [0.717, 1.165) is 28.6 Å². The van der Waals surface area contributed by atoms with Gasteiger partial charge in [-0.05, 0) is 54.4 Å². The third-order valence-corrected chi connectivity index (χ3v) is 3.62. The molecule has 100 valence electrons. The maximum Gasteiger partial charge on any atom is 0.123 e. The molecule has 0 aliphatic carbocycles. The molecule has 0 saturated carbocycles. The highest BCUT2D eigenvalue weighted by Crippen LogP contribution is 2.17. The molecular formula is C15H15BrFNO. The Balaban J connectivity index is 1.80. The van der Waals surface area contributed by atoms with Crippen LogP contribution in [0.25, 0.3) is 0 Å². The Morgan fingerprint density at radius 2 is 1.84 bits per heavy atom. The fourth-order valence-corrected chi connectivity index (χ4v) is 2.18. The van der Waals surface area contributed by atoms with Gasteiger partial charge >= 0.3 is 0 Å². The van der Waals surface area contributed by atoms with Gasteiger partial charge in [0, 0.05) is 11.0 Å². The zero-order valence-corrected chi connectivity index (χ0v) is 12.0. The topological polar surface area (TPSA) is 32.3 Å². The first-order valence-electron chi connectivity index (χ1n) is 6.08. The molecule has 0 fully saturated rings. The average molecular weight is 324 g/mol. The van der Waals surface area contributed by atoms with Gasteiger partial charge in [0.2, 0.25) is 0 Å². The standard InChI is InChI=1S/C15H15BrFNO/c16-15-6-3-13(17)9-12(15)10-18-8-7-11-1-4-14(19)5-2-11/h1-6,9,18-19H,7-8,10H2. The third-order valence-electron chi connectivity index (χ3n) is 2.85. The lowest BCUT2D eigenvalue weighted by atomic mass is 10.1. The van der Waals surface area contributed by atoms with Crippen LogP contribution < -0.4 is 5.32 Å². The molecule has 0 amide bonds. The van der Waals surface area contributed by atoms with Crippen molar-refractivity contribution in [2.45, 2.75) is 13.0 Å². The molecule has 0 heterocycles. The van der Waals surface area contributed by atoms with Crippen LogP contribution in [-0.4, -0.2) is 11.7 Å². The second kappa shape index (κ2) is 6.68. The van der Waals surface area contributed by atoms with E-state index in [0.29, 0.717) is 6.54 Å². The summed E-state index contributed by atoms with van der Waals surface area (Å²) in [4.78, 5) is 0. The van der Waals surface area contributed by atoms with Gasteiger partial charge < -0.3 is 10.4 Å². The zero-order chi connectivity index (χ0) is 13.7. The maximum absolute atomic E-state index is 13.1. The van der Waals surface area contributed by atoms with Crippen molar-refractivity contribution in [1.29, 1.82) is 0 Å². The van der Waals surface area contributed by atoms with Gasteiger partial charge in [-0.1, -0.05) is 28.1 Å². The molecule has 0 aliphatic heterocycles. The highest BCUT2D eigenvalue weighted by molar-refractivity contribution is 9.10. The van der Waals surface area contributed by atoms with Crippen LogP contribution in [-0.2, 0) is 13.0 Å². The van der Waals surface area contributed by atoms with Crippen LogP contribution in [0, 0.1) is 5.82 Å². The molecule has 0 aliphatic rings. The van der Waals surface area contributed by atoms with Gasteiger partial charge in [0.25, 0.3) is 0 Å². The maximum atomic E-state index is 13.1. The summed E-state index contributed by atoms with van der Waals surface area (Å²) in [6.07, 6.45) is 0.868. The van der Waals surface area contributed by atoms with Crippen LogP contribution in [0.4, 0.5) is 4.39 Å². The monoisotopic (exact) mass is 323 g/mol. The first-order valence-corrected chi connectivity index (χ1v) is 6.87. The molecule has 2 nitrogen and oxygen atoms in total. The first-order chi connectivity index (χ1) is 9.15. The summed E-state index contributed by atoms with van der Waals surface area (Å²) < 4.78 is 14.0. The molecule has 2 aromatic rings. The van der Waals surface area contributed by atoms with Crippen molar-refractivity contribution in [3.8, 4) is 5.75 Å². The zero-order valence-electron chi connectivity index (χ0n) is 10.4. The van der Waals surface area contributed by atoms with Gasteiger partial charge in [-0.2, -0.15) is 0 Å².